The fourth-order valence-electron chi connectivity index (χ4n) is 2.20. The van der Waals surface area contributed by atoms with Crippen LogP contribution in [-0.4, -0.2) is 44.0 Å². The number of nitrogens with zero attached hydrogens (tertiary/aromatic N) is 1. The second kappa shape index (κ2) is 6.06. The maximum Gasteiger partial charge on any atom is 0.225 e. The number of carbonyl (C=O) groups is 1. The van der Waals surface area contributed by atoms with E-state index in [1.807, 2.05) is 26.2 Å². The molecule has 0 spiro atoms. The highest BCUT2D eigenvalue weighted by molar-refractivity contribution is 5.80. The predicted octanol–water partition coefficient (Wildman–Crippen LogP) is 1.34. The number of rotatable bonds is 4. The Morgan fingerprint density at radius 2 is 2.21 bits per heavy atom. The van der Waals surface area contributed by atoms with Gasteiger partial charge in [0.15, 0.2) is 0 Å². The van der Waals surface area contributed by atoms with E-state index < -0.39 is 0 Å². The van der Waals surface area contributed by atoms with Gasteiger partial charge in [-0.05, 0) is 39.1 Å². The van der Waals surface area contributed by atoms with Crippen molar-refractivity contribution < 1.29 is 4.79 Å². The van der Waals surface area contributed by atoms with E-state index >= 15 is 0 Å². The van der Waals surface area contributed by atoms with Crippen molar-refractivity contribution in [3.63, 3.8) is 0 Å². The largest absolute Gasteiger partial charge is 0.384 e. The van der Waals surface area contributed by atoms with Crippen LogP contribution in [0.1, 0.15) is 12.5 Å². The molecule has 1 aliphatic heterocycles. The molecule has 0 aromatic heterocycles. The van der Waals surface area contributed by atoms with Gasteiger partial charge in [0, 0.05) is 24.8 Å². The molecule has 4 heteroatoms. The first-order valence-corrected chi connectivity index (χ1v) is 6.84. The quantitative estimate of drug-likeness (QED) is 0.859. The van der Waals surface area contributed by atoms with Gasteiger partial charge in [-0.3, -0.25) is 4.79 Å². The summed E-state index contributed by atoms with van der Waals surface area (Å²) in [5.41, 5.74) is 2.39. The lowest BCUT2D eigenvalue weighted by atomic mass is 9.93. The Balaban J connectivity index is 1.89. The second-order valence-electron chi connectivity index (χ2n) is 5.50. The zero-order valence-electron chi connectivity index (χ0n) is 11.9. The molecule has 1 heterocycles. The van der Waals surface area contributed by atoms with Crippen LogP contribution in [0.2, 0.25) is 0 Å². The summed E-state index contributed by atoms with van der Waals surface area (Å²) in [4.78, 5) is 14.3. The van der Waals surface area contributed by atoms with E-state index in [1.165, 1.54) is 5.56 Å². The Kier molecular flexibility index (Phi) is 4.43. The Morgan fingerprint density at radius 1 is 1.47 bits per heavy atom. The van der Waals surface area contributed by atoms with Gasteiger partial charge in [0.2, 0.25) is 5.91 Å². The molecule has 0 fully saturated rings. The van der Waals surface area contributed by atoms with Crippen molar-refractivity contribution in [1.29, 1.82) is 0 Å². The molecular formula is C15H23N3O. The highest BCUT2D eigenvalue weighted by Crippen LogP contribution is 2.24. The molecule has 0 saturated heterocycles. The third-order valence-corrected chi connectivity index (χ3v) is 3.85. The highest BCUT2D eigenvalue weighted by Gasteiger charge is 2.24. The van der Waals surface area contributed by atoms with Crippen LogP contribution < -0.4 is 10.6 Å². The molecule has 2 rings (SSSR count). The Hall–Kier alpha value is -1.55. The zero-order chi connectivity index (χ0) is 13.8. The minimum atomic E-state index is 0.0317. The minimum absolute atomic E-state index is 0.0317. The summed E-state index contributed by atoms with van der Waals surface area (Å²) in [6, 6.07) is 8.55. The SMILES string of the molecule is CC(CNC(=O)C1CNc2ccccc2C1)N(C)C. The Morgan fingerprint density at radius 3 is 2.95 bits per heavy atom. The van der Waals surface area contributed by atoms with Gasteiger partial charge in [0.1, 0.15) is 0 Å². The molecule has 2 atom stereocenters. The van der Waals surface area contributed by atoms with Crippen LogP contribution in [-0.2, 0) is 11.2 Å². The van der Waals surface area contributed by atoms with Gasteiger partial charge in [-0.1, -0.05) is 18.2 Å². The smallest absolute Gasteiger partial charge is 0.225 e. The number of hydrogen-bond acceptors (Lipinski definition) is 3. The third kappa shape index (κ3) is 3.47. The average molecular weight is 261 g/mol. The van der Waals surface area contributed by atoms with Crippen LogP contribution in [0.3, 0.4) is 0 Å². The molecule has 1 amide bonds. The first-order chi connectivity index (χ1) is 9.08. The number of benzene rings is 1. The number of nitrogens with one attached hydrogen (secondary N) is 2. The van der Waals surface area contributed by atoms with Gasteiger partial charge in [-0.15, -0.1) is 0 Å². The van der Waals surface area contributed by atoms with E-state index in [0.29, 0.717) is 12.6 Å². The van der Waals surface area contributed by atoms with Gasteiger partial charge in [-0.25, -0.2) is 0 Å². The number of hydrogen-bond donors (Lipinski definition) is 2. The maximum absolute atomic E-state index is 12.2. The monoisotopic (exact) mass is 261 g/mol. The summed E-state index contributed by atoms with van der Waals surface area (Å²) in [6.07, 6.45) is 0.825. The number of para-hydroxylation sites is 1. The zero-order valence-corrected chi connectivity index (χ0v) is 11.9. The molecule has 4 nitrogen and oxygen atoms in total. The van der Waals surface area contributed by atoms with E-state index in [0.717, 1.165) is 18.7 Å². The third-order valence-electron chi connectivity index (χ3n) is 3.85. The summed E-state index contributed by atoms with van der Waals surface area (Å²) in [5.74, 6) is 0.181. The molecule has 2 unspecified atom stereocenters. The normalized spacial score (nSPS) is 19.5. The molecule has 1 aromatic rings. The number of fused-ring (bicyclic) bond motifs is 1. The molecule has 2 N–H and O–H groups in total. The van der Waals surface area contributed by atoms with Crippen LogP contribution in [0, 0.1) is 5.92 Å². The lowest BCUT2D eigenvalue weighted by Gasteiger charge is -2.26. The van der Waals surface area contributed by atoms with Gasteiger partial charge in [0.05, 0.1) is 5.92 Å². The van der Waals surface area contributed by atoms with Crippen LogP contribution >= 0.6 is 0 Å². The van der Waals surface area contributed by atoms with Crippen LogP contribution in [0.5, 0.6) is 0 Å². The standard InChI is InChI=1S/C15H23N3O/c1-11(18(2)3)9-17-15(19)13-8-12-6-4-5-7-14(12)16-10-13/h4-7,11,13,16H,8-10H2,1-3H3,(H,17,19). The predicted molar refractivity (Wildman–Crippen MR) is 78.3 cm³/mol. The molecular weight excluding hydrogens is 238 g/mol. The van der Waals surface area contributed by atoms with E-state index in [9.17, 15) is 4.79 Å². The topological polar surface area (TPSA) is 44.4 Å². The van der Waals surface area contributed by atoms with Crippen LogP contribution in [0.15, 0.2) is 24.3 Å². The Bertz CT molecular complexity index is 445. The van der Waals surface area contributed by atoms with Crippen LogP contribution in [0.4, 0.5) is 5.69 Å². The molecule has 1 aromatic carbocycles. The first-order valence-electron chi connectivity index (χ1n) is 6.84. The summed E-state index contributed by atoms with van der Waals surface area (Å²) in [7, 11) is 4.05. The molecule has 104 valence electrons. The summed E-state index contributed by atoms with van der Waals surface area (Å²) in [6.45, 7) is 3.53. The molecule has 19 heavy (non-hydrogen) atoms. The van der Waals surface area contributed by atoms with Crippen molar-refractivity contribution in [3.05, 3.63) is 29.8 Å². The summed E-state index contributed by atoms with van der Waals surface area (Å²) >= 11 is 0. The lowest BCUT2D eigenvalue weighted by Crippen LogP contribution is -2.43. The fourth-order valence-corrected chi connectivity index (χ4v) is 2.20. The van der Waals surface area contributed by atoms with Gasteiger partial charge < -0.3 is 15.5 Å². The molecule has 0 saturated carbocycles. The molecule has 0 bridgehead atoms. The van der Waals surface area contributed by atoms with Crippen molar-refractivity contribution in [2.75, 3.05) is 32.5 Å². The summed E-state index contributed by atoms with van der Waals surface area (Å²) in [5, 5.41) is 6.38. The van der Waals surface area contributed by atoms with Gasteiger partial charge >= 0.3 is 0 Å². The second-order valence-corrected chi connectivity index (χ2v) is 5.50. The average Bonchev–Trinajstić information content (AvgIpc) is 2.43. The van der Waals surface area contributed by atoms with Crippen molar-refractivity contribution in [3.8, 4) is 0 Å². The number of amides is 1. The Labute approximate surface area is 115 Å². The number of anilines is 1. The van der Waals surface area contributed by atoms with Crippen molar-refractivity contribution >= 4 is 11.6 Å². The van der Waals surface area contributed by atoms with E-state index in [4.69, 9.17) is 0 Å². The van der Waals surface area contributed by atoms with Crippen molar-refractivity contribution in [2.45, 2.75) is 19.4 Å². The lowest BCUT2D eigenvalue weighted by molar-refractivity contribution is -0.124. The van der Waals surface area contributed by atoms with Crippen LogP contribution in [0.25, 0.3) is 0 Å². The van der Waals surface area contributed by atoms with E-state index in [-0.39, 0.29) is 11.8 Å². The fraction of sp³-hybridized carbons (Fsp3) is 0.533. The number of likely N-dealkylation sites (N-methyl/N-ethyl adjacent to an activating group) is 1. The van der Waals surface area contributed by atoms with Crippen molar-refractivity contribution in [1.82, 2.24) is 10.2 Å². The molecule has 1 aliphatic rings. The molecule has 0 radical (unpaired) electrons. The van der Waals surface area contributed by atoms with Crippen molar-refractivity contribution in [2.24, 2.45) is 5.92 Å². The summed E-state index contributed by atoms with van der Waals surface area (Å²) < 4.78 is 0. The van der Waals surface area contributed by atoms with Gasteiger partial charge in [0.25, 0.3) is 0 Å². The van der Waals surface area contributed by atoms with E-state index in [2.05, 4.69) is 34.6 Å². The van der Waals surface area contributed by atoms with Gasteiger partial charge in [-0.2, -0.15) is 0 Å². The maximum atomic E-state index is 12.2. The first kappa shape index (κ1) is 13.9. The minimum Gasteiger partial charge on any atom is -0.384 e. The number of carbonyl (C=O) groups excluding carboxylic acids is 1. The highest BCUT2D eigenvalue weighted by atomic mass is 16.1. The van der Waals surface area contributed by atoms with E-state index in [1.54, 1.807) is 0 Å². The molecule has 0 aliphatic carbocycles.